The van der Waals surface area contributed by atoms with Gasteiger partial charge >= 0.3 is 0 Å². The molecular weight excluding hydrogens is 248 g/mol. The Hall–Kier alpha value is -2.06. The summed E-state index contributed by atoms with van der Waals surface area (Å²) in [7, 11) is 1.63. The molecule has 1 aromatic heterocycles. The summed E-state index contributed by atoms with van der Waals surface area (Å²) in [5.41, 5.74) is 0. The fourth-order valence-electron chi connectivity index (χ4n) is 1.41. The second-order valence-corrected chi connectivity index (χ2v) is 4.62. The van der Waals surface area contributed by atoms with Gasteiger partial charge in [-0.05, 0) is 24.3 Å². The fraction of sp³-hybridized carbons (Fsp3) is 0.231. The van der Waals surface area contributed by atoms with E-state index in [0.717, 1.165) is 16.5 Å². The van der Waals surface area contributed by atoms with Crippen molar-refractivity contribution in [1.29, 1.82) is 5.26 Å². The third-order valence-corrected chi connectivity index (χ3v) is 3.27. The molecule has 1 aromatic carbocycles. The third kappa shape index (κ3) is 3.22. The van der Waals surface area contributed by atoms with Crippen LogP contribution in [0.25, 0.3) is 0 Å². The number of rotatable bonds is 5. The van der Waals surface area contributed by atoms with E-state index in [9.17, 15) is 0 Å². The quantitative estimate of drug-likeness (QED) is 0.829. The molecule has 0 N–H and O–H groups in total. The summed E-state index contributed by atoms with van der Waals surface area (Å²) < 4.78 is 10.6. The molecule has 0 amide bonds. The molecule has 0 saturated heterocycles. The molecule has 0 radical (unpaired) electrons. The molecule has 0 saturated carbocycles. The van der Waals surface area contributed by atoms with Crippen LogP contribution in [0.1, 0.15) is 9.88 Å². The number of aromatic nitrogens is 1. The van der Waals surface area contributed by atoms with Crippen molar-refractivity contribution in [2.24, 2.45) is 0 Å². The van der Waals surface area contributed by atoms with Crippen LogP contribution in [0.15, 0.2) is 30.5 Å². The molecule has 0 atom stereocenters. The number of methoxy groups -OCH3 is 1. The first kappa shape index (κ1) is 12.4. The molecule has 2 aromatic rings. The summed E-state index contributed by atoms with van der Waals surface area (Å²) in [6.45, 7) is 0.546. The van der Waals surface area contributed by atoms with Crippen LogP contribution in [0, 0.1) is 11.3 Å². The van der Waals surface area contributed by atoms with Crippen LogP contribution in [-0.2, 0) is 6.42 Å². The molecule has 0 aliphatic heterocycles. The summed E-state index contributed by atoms with van der Waals surface area (Å²) in [5.74, 6) is 1.61. The van der Waals surface area contributed by atoms with Crippen LogP contribution in [0.3, 0.4) is 0 Å². The molecule has 0 bridgehead atoms. The van der Waals surface area contributed by atoms with Gasteiger partial charge in [-0.1, -0.05) is 0 Å². The summed E-state index contributed by atoms with van der Waals surface area (Å²) in [4.78, 5) is 4.78. The van der Waals surface area contributed by atoms with Crippen molar-refractivity contribution in [3.05, 3.63) is 40.3 Å². The Morgan fingerprint density at radius 1 is 1.28 bits per heavy atom. The summed E-state index contributed by atoms with van der Waals surface area (Å²) >= 11 is 1.40. The van der Waals surface area contributed by atoms with Gasteiger partial charge in [0.2, 0.25) is 0 Å². The van der Waals surface area contributed by atoms with Crippen molar-refractivity contribution in [3.63, 3.8) is 0 Å². The van der Waals surface area contributed by atoms with Crippen molar-refractivity contribution in [1.82, 2.24) is 4.98 Å². The Balaban J connectivity index is 1.82. The lowest BCUT2D eigenvalue weighted by Crippen LogP contribution is -2.00. The Morgan fingerprint density at radius 3 is 2.61 bits per heavy atom. The minimum Gasteiger partial charge on any atom is -0.497 e. The average molecular weight is 260 g/mol. The molecule has 92 valence electrons. The molecule has 18 heavy (non-hydrogen) atoms. The number of nitrogens with zero attached hydrogens (tertiary/aromatic N) is 2. The van der Waals surface area contributed by atoms with E-state index in [1.165, 1.54) is 11.3 Å². The van der Waals surface area contributed by atoms with Crippen molar-refractivity contribution in [2.45, 2.75) is 6.42 Å². The maximum absolute atomic E-state index is 8.68. The average Bonchev–Trinajstić information content (AvgIpc) is 2.87. The van der Waals surface area contributed by atoms with E-state index >= 15 is 0 Å². The van der Waals surface area contributed by atoms with Crippen molar-refractivity contribution >= 4 is 11.3 Å². The lowest BCUT2D eigenvalue weighted by Gasteiger charge is -2.05. The maximum atomic E-state index is 8.68. The second-order valence-electron chi connectivity index (χ2n) is 3.50. The normalized spacial score (nSPS) is 9.78. The number of nitriles is 1. The molecule has 5 heteroatoms. The molecule has 0 aliphatic rings. The topological polar surface area (TPSA) is 55.1 Å². The van der Waals surface area contributed by atoms with E-state index in [2.05, 4.69) is 11.1 Å². The zero-order chi connectivity index (χ0) is 12.8. The van der Waals surface area contributed by atoms with Gasteiger partial charge in [0.25, 0.3) is 0 Å². The molecule has 0 spiro atoms. The van der Waals surface area contributed by atoms with Crippen molar-refractivity contribution < 1.29 is 9.47 Å². The molecule has 1 heterocycles. The number of thiazole rings is 1. The van der Waals surface area contributed by atoms with E-state index in [-0.39, 0.29) is 0 Å². The SMILES string of the molecule is COc1ccc(OCCc2ncc(C#N)s2)cc1. The van der Waals surface area contributed by atoms with Crippen LogP contribution in [0.5, 0.6) is 11.5 Å². The smallest absolute Gasteiger partial charge is 0.124 e. The van der Waals surface area contributed by atoms with Gasteiger partial charge in [-0.3, -0.25) is 0 Å². The van der Waals surface area contributed by atoms with Gasteiger partial charge in [0.05, 0.1) is 24.9 Å². The maximum Gasteiger partial charge on any atom is 0.124 e. The number of benzene rings is 1. The second kappa shape index (κ2) is 6.03. The predicted molar refractivity (Wildman–Crippen MR) is 69.0 cm³/mol. The van der Waals surface area contributed by atoms with Crippen LogP contribution in [-0.4, -0.2) is 18.7 Å². The van der Waals surface area contributed by atoms with E-state index in [1.54, 1.807) is 13.3 Å². The lowest BCUT2D eigenvalue weighted by atomic mass is 10.3. The van der Waals surface area contributed by atoms with Gasteiger partial charge in [0.15, 0.2) is 0 Å². The van der Waals surface area contributed by atoms with E-state index in [4.69, 9.17) is 14.7 Å². The predicted octanol–water partition coefficient (Wildman–Crippen LogP) is 2.64. The molecule has 0 aliphatic carbocycles. The van der Waals surface area contributed by atoms with E-state index in [0.29, 0.717) is 17.9 Å². The summed E-state index contributed by atoms with van der Waals surface area (Å²) in [5, 5.41) is 9.60. The van der Waals surface area contributed by atoms with Crippen LogP contribution in [0.4, 0.5) is 0 Å². The third-order valence-electron chi connectivity index (χ3n) is 2.31. The Bertz CT molecular complexity index is 543. The minimum absolute atomic E-state index is 0.546. The minimum atomic E-state index is 0.546. The summed E-state index contributed by atoms with van der Waals surface area (Å²) in [6.07, 6.45) is 2.30. The fourth-order valence-corrected chi connectivity index (χ4v) is 2.10. The van der Waals surface area contributed by atoms with Gasteiger partial charge in [0, 0.05) is 6.42 Å². The highest BCUT2D eigenvalue weighted by atomic mass is 32.1. The summed E-state index contributed by atoms with van der Waals surface area (Å²) in [6, 6.07) is 9.50. The number of ether oxygens (including phenoxy) is 2. The molecule has 0 unspecified atom stereocenters. The zero-order valence-corrected chi connectivity index (χ0v) is 10.7. The van der Waals surface area contributed by atoms with E-state index < -0.39 is 0 Å². The largest absolute Gasteiger partial charge is 0.497 e. The Morgan fingerprint density at radius 2 is 2.00 bits per heavy atom. The van der Waals surface area contributed by atoms with Gasteiger partial charge in [0.1, 0.15) is 22.4 Å². The van der Waals surface area contributed by atoms with Gasteiger partial charge in [-0.15, -0.1) is 11.3 Å². The first-order valence-corrected chi connectivity index (χ1v) is 6.25. The van der Waals surface area contributed by atoms with E-state index in [1.807, 2.05) is 24.3 Å². The lowest BCUT2D eigenvalue weighted by molar-refractivity contribution is 0.321. The highest BCUT2D eigenvalue weighted by Crippen LogP contribution is 2.18. The molecule has 4 nitrogen and oxygen atoms in total. The van der Waals surface area contributed by atoms with Crippen molar-refractivity contribution in [3.8, 4) is 17.6 Å². The monoisotopic (exact) mass is 260 g/mol. The standard InChI is InChI=1S/C13H12N2O2S/c1-16-10-2-4-11(5-3-10)17-7-6-13-15-9-12(8-14)18-13/h2-5,9H,6-7H2,1H3. The zero-order valence-electron chi connectivity index (χ0n) is 9.92. The number of hydrogen-bond donors (Lipinski definition) is 0. The molecular formula is C13H12N2O2S. The highest BCUT2D eigenvalue weighted by Gasteiger charge is 2.01. The van der Waals surface area contributed by atoms with Gasteiger partial charge < -0.3 is 9.47 Å². The van der Waals surface area contributed by atoms with Gasteiger partial charge in [-0.2, -0.15) is 5.26 Å². The first-order chi connectivity index (χ1) is 8.81. The van der Waals surface area contributed by atoms with Crippen LogP contribution >= 0.6 is 11.3 Å². The number of hydrogen-bond acceptors (Lipinski definition) is 5. The van der Waals surface area contributed by atoms with Crippen LogP contribution < -0.4 is 9.47 Å². The van der Waals surface area contributed by atoms with Crippen LogP contribution in [0.2, 0.25) is 0 Å². The Labute approximate surface area is 109 Å². The van der Waals surface area contributed by atoms with Gasteiger partial charge in [-0.25, -0.2) is 4.98 Å². The first-order valence-electron chi connectivity index (χ1n) is 5.43. The highest BCUT2D eigenvalue weighted by molar-refractivity contribution is 7.12. The van der Waals surface area contributed by atoms with Crippen molar-refractivity contribution in [2.75, 3.05) is 13.7 Å². The molecule has 2 rings (SSSR count). The molecule has 0 fully saturated rings. The Kier molecular flexibility index (Phi) is 4.15.